The van der Waals surface area contributed by atoms with E-state index in [9.17, 15) is 9.59 Å². The van der Waals surface area contributed by atoms with Gasteiger partial charge in [0.25, 0.3) is 0 Å². The Morgan fingerprint density at radius 2 is 2.15 bits per heavy atom. The molecule has 0 bridgehead atoms. The van der Waals surface area contributed by atoms with Crippen LogP contribution in [0.3, 0.4) is 0 Å². The van der Waals surface area contributed by atoms with Crippen LogP contribution in [-0.4, -0.2) is 35.0 Å². The fourth-order valence-electron chi connectivity index (χ4n) is 1.49. The van der Waals surface area contributed by atoms with Gasteiger partial charge in [-0.2, -0.15) is 0 Å². The van der Waals surface area contributed by atoms with E-state index < -0.39 is 5.97 Å². The quantitative estimate of drug-likeness (QED) is 0.666. The first-order valence-corrected chi connectivity index (χ1v) is 8.71. The Morgan fingerprint density at radius 3 is 2.75 bits per heavy atom. The predicted molar refractivity (Wildman–Crippen MR) is 85.2 cm³/mol. The Balaban J connectivity index is 2.08. The molecule has 0 aliphatic carbocycles. The largest absolute Gasteiger partial charge is 0.481 e. The monoisotopic (exact) mass is 355 g/mol. The van der Waals surface area contributed by atoms with Gasteiger partial charge in [0.2, 0.25) is 5.91 Å². The first-order chi connectivity index (χ1) is 9.49. The van der Waals surface area contributed by atoms with Crippen molar-refractivity contribution < 1.29 is 14.7 Å². The van der Waals surface area contributed by atoms with Gasteiger partial charge in [0.15, 0.2) is 0 Å². The van der Waals surface area contributed by atoms with E-state index in [0.29, 0.717) is 33.8 Å². The molecule has 1 aromatic rings. The molecular formula is C12H15Cl2NO3S2. The third-order valence-electron chi connectivity index (χ3n) is 2.37. The Labute approximate surface area is 135 Å². The van der Waals surface area contributed by atoms with Gasteiger partial charge < -0.3 is 10.4 Å². The van der Waals surface area contributed by atoms with Crippen LogP contribution in [0.1, 0.15) is 18.4 Å². The molecule has 1 heterocycles. The standard InChI is InChI=1S/C12H15Cl2NO3S2/c13-9-6-8(12(14)20-9)2-1-3-10(16)15-4-5-19-7-11(17)18/h6H,1-5,7H2,(H,15,16)(H,17,18). The van der Waals surface area contributed by atoms with E-state index >= 15 is 0 Å². The number of carbonyl (C=O) groups excluding carboxylic acids is 1. The van der Waals surface area contributed by atoms with E-state index in [-0.39, 0.29) is 11.7 Å². The van der Waals surface area contributed by atoms with E-state index in [2.05, 4.69) is 5.32 Å². The predicted octanol–water partition coefficient (Wildman–Crippen LogP) is 3.31. The van der Waals surface area contributed by atoms with E-state index in [0.717, 1.165) is 12.0 Å². The SMILES string of the molecule is O=C(O)CSCCNC(=O)CCCc1cc(Cl)sc1Cl. The summed E-state index contributed by atoms with van der Waals surface area (Å²) in [7, 11) is 0. The molecule has 0 aliphatic heterocycles. The summed E-state index contributed by atoms with van der Waals surface area (Å²) in [6, 6.07) is 1.83. The Hall–Kier alpha value is -0.430. The molecule has 0 fully saturated rings. The minimum atomic E-state index is -0.840. The van der Waals surface area contributed by atoms with Gasteiger partial charge in [-0.1, -0.05) is 23.2 Å². The number of hydrogen-bond donors (Lipinski definition) is 2. The molecule has 112 valence electrons. The summed E-state index contributed by atoms with van der Waals surface area (Å²) in [5.74, 6) is -0.205. The van der Waals surface area contributed by atoms with Crippen LogP contribution in [0.5, 0.6) is 0 Å². The molecule has 2 N–H and O–H groups in total. The number of rotatable bonds is 9. The fourth-order valence-corrected chi connectivity index (χ4v) is 3.60. The number of thioether (sulfide) groups is 1. The van der Waals surface area contributed by atoms with E-state index in [1.807, 2.05) is 6.07 Å². The van der Waals surface area contributed by atoms with Gasteiger partial charge in [0.05, 0.1) is 14.4 Å². The molecule has 20 heavy (non-hydrogen) atoms. The lowest BCUT2D eigenvalue weighted by molar-refractivity contribution is -0.133. The molecular weight excluding hydrogens is 341 g/mol. The third kappa shape index (κ3) is 7.38. The summed E-state index contributed by atoms with van der Waals surface area (Å²) in [6.07, 6.45) is 1.86. The van der Waals surface area contributed by atoms with Crippen molar-refractivity contribution >= 4 is 58.2 Å². The smallest absolute Gasteiger partial charge is 0.313 e. The first-order valence-electron chi connectivity index (χ1n) is 5.99. The number of thiophene rings is 1. The van der Waals surface area contributed by atoms with E-state index in [4.69, 9.17) is 28.3 Å². The lowest BCUT2D eigenvalue weighted by atomic mass is 10.1. The number of aryl methyl sites for hydroxylation is 1. The van der Waals surface area contributed by atoms with Crippen LogP contribution in [0.15, 0.2) is 6.07 Å². The first kappa shape index (κ1) is 17.6. The third-order valence-corrected chi connectivity index (χ3v) is 4.88. The Morgan fingerprint density at radius 1 is 1.40 bits per heavy atom. The summed E-state index contributed by atoms with van der Waals surface area (Å²) < 4.78 is 1.34. The molecule has 4 nitrogen and oxygen atoms in total. The van der Waals surface area contributed by atoms with Gasteiger partial charge in [0, 0.05) is 18.7 Å². The lowest BCUT2D eigenvalue weighted by Crippen LogP contribution is -2.25. The molecule has 0 aromatic carbocycles. The topological polar surface area (TPSA) is 66.4 Å². The van der Waals surface area contributed by atoms with Crippen molar-refractivity contribution in [2.24, 2.45) is 0 Å². The number of carboxylic acid groups (broad SMARTS) is 1. The maximum absolute atomic E-state index is 11.5. The Bertz CT molecular complexity index is 466. The second-order valence-electron chi connectivity index (χ2n) is 4.00. The molecule has 0 atom stereocenters. The number of halogens is 2. The molecule has 1 rings (SSSR count). The summed E-state index contributed by atoms with van der Waals surface area (Å²) in [6.45, 7) is 0.488. The second kappa shape index (κ2) is 9.50. The normalized spacial score (nSPS) is 10.5. The van der Waals surface area contributed by atoms with Crippen molar-refractivity contribution in [1.29, 1.82) is 0 Å². The average Bonchev–Trinajstić information content (AvgIpc) is 2.67. The van der Waals surface area contributed by atoms with Crippen molar-refractivity contribution in [2.75, 3.05) is 18.1 Å². The highest BCUT2D eigenvalue weighted by Gasteiger charge is 2.07. The van der Waals surface area contributed by atoms with Crippen LogP contribution in [-0.2, 0) is 16.0 Å². The zero-order valence-electron chi connectivity index (χ0n) is 10.7. The van der Waals surface area contributed by atoms with Crippen molar-refractivity contribution in [1.82, 2.24) is 5.32 Å². The molecule has 0 spiro atoms. The molecule has 0 unspecified atom stereocenters. The van der Waals surface area contributed by atoms with Crippen molar-refractivity contribution in [2.45, 2.75) is 19.3 Å². The molecule has 1 amide bonds. The summed E-state index contributed by atoms with van der Waals surface area (Å²) >= 11 is 14.4. The minimum absolute atomic E-state index is 0.0293. The van der Waals surface area contributed by atoms with Crippen LogP contribution in [0.2, 0.25) is 8.67 Å². The van der Waals surface area contributed by atoms with E-state index in [1.165, 1.54) is 23.1 Å². The zero-order chi connectivity index (χ0) is 15.0. The van der Waals surface area contributed by atoms with Crippen molar-refractivity contribution in [3.63, 3.8) is 0 Å². The van der Waals surface area contributed by atoms with Gasteiger partial charge in [0.1, 0.15) is 0 Å². The number of aliphatic carboxylic acids is 1. The van der Waals surface area contributed by atoms with Crippen LogP contribution < -0.4 is 5.32 Å². The van der Waals surface area contributed by atoms with Crippen LogP contribution in [0, 0.1) is 0 Å². The van der Waals surface area contributed by atoms with Crippen LogP contribution >= 0.6 is 46.3 Å². The summed E-state index contributed by atoms with van der Waals surface area (Å²) in [4.78, 5) is 21.8. The highest BCUT2D eigenvalue weighted by molar-refractivity contribution is 7.99. The fraction of sp³-hybridized carbons (Fsp3) is 0.500. The average molecular weight is 356 g/mol. The van der Waals surface area contributed by atoms with Gasteiger partial charge in [-0.05, 0) is 24.5 Å². The minimum Gasteiger partial charge on any atom is -0.481 e. The molecule has 8 heteroatoms. The summed E-state index contributed by atoms with van der Waals surface area (Å²) in [5.41, 5.74) is 0.978. The van der Waals surface area contributed by atoms with Gasteiger partial charge in [-0.15, -0.1) is 23.1 Å². The maximum Gasteiger partial charge on any atom is 0.313 e. The van der Waals surface area contributed by atoms with Gasteiger partial charge >= 0.3 is 5.97 Å². The zero-order valence-corrected chi connectivity index (χ0v) is 13.8. The molecule has 0 aliphatic rings. The van der Waals surface area contributed by atoms with E-state index in [1.54, 1.807) is 0 Å². The number of carboxylic acids is 1. The van der Waals surface area contributed by atoms with Crippen LogP contribution in [0.25, 0.3) is 0 Å². The number of amides is 1. The second-order valence-corrected chi connectivity index (χ2v) is 7.39. The van der Waals surface area contributed by atoms with Crippen LogP contribution in [0.4, 0.5) is 0 Å². The van der Waals surface area contributed by atoms with Gasteiger partial charge in [-0.3, -0.25) is 9.59 Å². The molecule has 0 saturated heterocycles. The highest BCUT2D eigenvalue weighted by atomic mass is 35.5. The molecule has 1 aromatic heterocycles. The number of hydrogen-bond acceptors (Lipinski definition) is 4. The van der Waals surface area contributed by atoms with Gasteiger partial charge in [-0.25, -0.2) is 0 Å². The Kier molecular flexibility index (Phi) is 8.37. The number of carbonyl (C=O) groups is 2. The lowest BCUT2D eigenvalue weighted by Gasteiger charge is -2.04. The van der Waals surface area contributed by atoms with Crippen molar-refractivity contribution in [3.05, 3.63) is 20.3 Å². The molecule has 0 radical (unpaired) electrons. The highest BCUT2D eigenvalue weighted by Crippen LogP contribution is 2.31. The summed E-state index contributed by atoms with van der Waals surface area (Å²) in [5, 5.41) is 11.2. The number of nitrogens with one attached hydrogen (secondary N) is 1. The van der Waals surface area contributed by atoms with Crippen molar-refractivity contribution in [3.8, 4) is 0 Å². The molecule has 0 saturated carbocycles. The maximum atomic E-state index is 11.5.